The smallest absolute Gasteiger partial charge is 0.343 e. The molecule has 6 nitrogen and oxygen atoms in total. The number of hydrogen-bond donors (Lipinski definition) is 2. The third kappa shape index (κ3) is 4.78. The number of thiazole rings is 1. The fraction of sp³-hybridized carbons (Fsp3) is 0.176. The van der Waals surface area contributed by atoms with Crippen LogP contribution in [0.4, 0.5) is 18.9 Å². The Bertz CT molecular complexity index is 1120. The maximum Gasteiger partial charge on any atom is 0.405 e. The molecule has 0 saturated carbocycles. The van der Waals surface area contributed by atoms with Crippen molar-refractivity contribution in [3.8, 4) is 0 Å². The predicted octanol–water partition coefficient (Wildman–Crippen LogP) is 3.70. The molecule has 0 unspecified atom stereocenters. The van der Waals surface area contributed by atoms with Crippen LogP contribution in [0.3, 0.4) is 0 Å². The molecule has 11 heteroatoms. The normalized spacial score (nSPS) is 12.1. The minimum Gasteiger partial charge on any atom is -0.343 e. The largest absolute Gasteiger partial charge is 0.405 e. The van der Waals surface area contributed by atoms with Crippen molar-refractivity contribution in [1.29, 1.82) is 0 Å². The number of aromatic nitrogens is 1. The first-order valence-corrected chi connectivity index (χ1v) is 10.2. The third-order valence-corrected chi connectivity index (χ3v) is 5.95. The van der Waals surface area contributed by atoms with Crippen LogP contribution in [0.2, 0.25) is 0 Å². The molecule has 148 valence electrons. The lowest BCUT2D eigenvalue weighted by Crippen LogP contribution is -2.33. The number of nitrogens with zero attached hydrogens (tertiary/aromatic N) is 1. The van der Waals surface area contributed by atoms with Crippen LogP contribution in [0, 0.1) is 6.92 Å². The Kier molecular flexibility index (Phi) is 5.31. The number of hydrogen-bond acceptors (Lipinski definition) is 5. The number of rotatable bonds is 5. The molecular weight excluding hydrogens is 415 g/mol. The van der Waals surface area contributed by atoms with Gasteiger partial charge in [0.25, 0.3) is 15.9 Å². The molecule has 2 aromatic carbocycles. The molecule has 1 amide bonds. The van der Waals surface area contributed by atoms with E-state index in [1.165, 1.54) is 11.3 Å². The number of amides is 1. The number of sulfonamides is 1. The molecule has 0 aliphatic rings. The Labute approximate surface area is 162 Å². The summed E-state index contributed by atoms with van der Waals surface area (Å²) in [7, 11) is -3.93. The molecule has 0 radical (unpaired) electrons. The summed E-state index contributed by atoms with van der Waals surface area (Å²) >= 11 is 1.43. The Morgan fingerprint density at radius 1 is 1.14 bits per heavy atom. The quantitative estimate of drug-likeness (QED) is 0.647. The van der Waals surface area contributed by atoms with Crippen molar-refractivity contribution >= 4 is 43.2 Å². The van der Waals surface area contributed by atoms with Gasteiger partial charge in [0, 0.05) is 5.56 Å². The second-order valence-electron chi connectivity index (χ2n) is 5.84. The van der Waals surface area contributed by atoms with Crippen LogP contribution in [0.5, 0.6) is 0 Å². The number of aryl methyl sites for hydroxylation is 1. The summed E-state index contributed by atoms with van der Waals surface area (Å²) in [5, 5.41) is 2.58. The van der Waals surface area contributed by atoms with Crippen molar-refractivity contribution in [2.75, 3.05) is 11.3 Å². The van der Waals surface area contributed by atoms with Crippen LogP contribution in [0.25, 0.3) is 10.2 Å². The summed E-state index contributed by atoms with van der Waals surface area (Å²) in [6, 6.07) is 9.55. The lowest BCUT2D eigenvalue weighted by Gasteiger charge is -2.10. The second-order valence-corrected chi connectivity index (χ2v) is 8.76. The van der Waals surface area contributed by atoms with E-state index in [9.17, 15) is 26.4 Å². The third-order valence-electron chi connectivity index (χ3n) is 3.62. The van der Waals surface area contributed by atoms with Gasteiger partial charge in [-0.15, -0.1) is 11.3 Å². The van der Waals surface area contributed by atoms with Crippen LogP contribution >= 0.6 is 11.3 Å². The molecule has 0 fully saturated rings. The van der Waals surface area contributed by atoms with Gasteiger partial charge in [-0.3, -0.25) is 9.52 Å². The van der Waals surface area contributed by atoms with Gasteiger partial charge in [-0.1, -0.05) is 0 Å². The first kappa shape index (κ1) is 20.1. The summed E-state index contributed by atoms with van der Waals surface area (Å²) in [6.45, 7) is 0.383. The number of alkyl halides is 3. The van der Waals surface area contributed by atoms with Crippen molar-refractivity contribution in [3.05, 3.63) is 53.0 Å². The lowest BCUT2D eigenvalue weighted by atomic mass is 10.2. The Balaban J connectivity index is 1.74. The molecule has 2 N–H and O–H groups in total. The maximum atomic E-state index is 12.5. The molecule has 3 aromatic rings. The Morgan fingerprint density at radius 2 is 1.82 bits per heavy atom. The number of fused-ring (bicyclic) bond motifs is 1. The van der Waals surface area contributed by atoms with Gasteiger partial charge in [0.15, 0.2) is 0 Å². The molecule has 28 heavy (non-hydrogen) atoms. The van der Waals surface area contributed by atoms with Gasteiger partial charge < -0.3 is 5.32 Å². The van der Waals surface area contributed by atoms with Gasteiger partial charge >= 0.3 is 6.18 Å². The molecule has 0 aliphatic carbocycles. The van der Waals surface area contributed by atoms with Gasteiger partial charge in [-0.2, -0.15) is 13.2 Å². The summed E-state index contributed by atoms with van der Waals surface area (Å²) in [5.74, 6) is -0.944. The molecule has 0 saturated heterocycles. The molecule has 1 aromatic heterocycles. The molecule has 3 rings (SSSR count). The zero-order valence-electron chi connectivity index (χ0n) is 14.4. The topological polar surface area (TPSA) is 88.2 Å². The monoisotopic (exact) mass is 429 g/mol. The minimum absolute atomic E-state index is 0.0789. The maximum absolute atomic E-state index is 12.5. The highest BCUT2D eigenvalue weighted by molar-refractivity contribution is 7.92. The highest BCUT2D eigenvalue weighted by atomic mass is 32.2. The summed E-state index contributed by atoms with van der Waals surface area (Å²) in [4.78, 5) is 15.9. The first-order chi connectivity index (χ1) is 13.0. The number of anilines is 1. The van der Waals surface area contributed by atoms with E-state index in [1.807, 2.05) is 6.92 Å². The number of carbonyl (C=O) groups excluding carboxylic acids is 1. The summed E-state index contributed by atoms with van der Waals surface area (Å²) in [6.07, 6.45) is -4.53. The van der Waals surface area contributed by atoms with E-state index in [4.69, 9.17) is 0 Å². The number of benzene rings is 2. The van der Waals surface area contributed by atoms with E-state index in [0.29, 0.717) is 5.69 Å². The fourth-order valence-electron chi connectivity index (χ4n) is 2.39. The standard InChI is InChI=1S/C17H14F3N3O3S2/c1-10-22-14-7-4-12(8-15(14)27-10)23-28(25,26)13-5-2-11(3-6-13)16(24)21-9-17(18,19)20/h2-8,23H,9H2,1H3,(H,21,24). The Morgan fingerprint density at radius 3 is 2.46 bits per heavy atom. The van der Waals surface area contributed by atoms with Crippen LogP contribution in [-0.2, 0) is 10.0 Å². The van der Waals surface area contributed by atoms with Gasteiger partial charge in [0.1, 0.15) is 6.54 Å². The van der Waals surface area contributed by atoms with Crippen LogP contribution in [0.15, 0.2) is 47.4 Å². The number of nitrogens with one attached hydrogen (secondary N) is 2. The van der Waals surface area contributed by atoms with E-state index >= 15 is 0 Å². The Hall–Kier alpha value is -2.66. The number of carbonyl (C=O) groups is 1. The molecule has 0 spiro atoms. The van der Waals surface area contributed by atoms with E-state index in [2.05, 4.69) is 9.71 Å². The fourth-order valence-corrected chi connectivity index (χ4v) is 4.30. The van der Waals surface area contributed by atoms with E-state index < -0.39 is 28.7 Å². The summed E-state index contributed by atoms with van der Waals surface area (Å²) < 4.78 is 64.7. The zero-order valence-corrected chi connectivity index (χ0v) is 16.0. The molecular formula is C17H14F3N3O3S2. The summed E-state index contributed by atoms with van der Waals surface area (Å²) in [5.41, 5.74) is 1.03. The van der Waals surface area contributed by atoms with E-state index in [-0.39, 0.29) is 10.5 Å². The second kappa shape index (κ2) is 7.40. The average Bonchev–Trinajstić information content (AvgIpc) is 2.98. The van der Waals surface area contributed by atoms with Gasteiger partial charge in [-0.25, -0.2) is 13.4 Å². The molecule has 0 bridgehead atoms. The van der Waals surface area contributed by atoms with E-state index in [0.717, 1.165) is 39.5 Å². The highest BCUT2D eigenvalue weighted by Crippen LogP contribution is 2.26. The van der Waals surface area contributed by atoms with Gasteiger partial charge in [-0.05, 0) is 49.4 Å². The van der Waals surface area contributed by atoms with Crippen LogP contribution in [-0.4, -0.2) is 32.0 Å². The van der Waals surface area contributed by atoms with Gasteiger partial charge in [0.2, 0.25) is 0 Å². The number of halogens is 3. The van der Waals surface area contributed by atoms with Crippen LogP contribution < -0.4 is 10.0 Å². The zero-order chi connectivity index (χ0) is 20.5. The van der Waals surface area contributed by atoms with Crippen molar-refractivity contribution < 1.29 is 26.4 Å². The lowest BCUT2D eigenvalue weighted by molar-refractivity contribution is -0.123. The van der Waals surface area contributed by atoms with Gasteiger partial charge in [0.05, 0.1) is 25.8 Å². The van der Waals surface area contributed by atoms with Crippen LogP contribution in [0.1, 0.15) is 15.4 Å². The minimum atomic E-state index is -4.53. The predicted molar refractivity (Wildman–Crippen MR) is 100.0 cm³/mol. The average molecular weight is 429 g/mol. The molecule has 1 heterocycles. The van der Waals surface area contributed by atoms with Crippen molar-refractivity contribution in [3.63, 3.8) is 0 Å². The van der Waals surface area contributed by atoms with Crippen molar-refractivity contribution in [2.45, 2.75) is 18.0 Å². The van der Waals surface area contributed by atoms with Crippen molar-refractivity contribution in [1.82, 2.24) is 10.3 Å². The SMILES string of the molecule is Cc1nc2ccc(NS(=O)(=O)c3ccc(C(=O)NCC(F)(F)F)cc3)cc2s1. The first-order valence-electron chi connectivity index (χ1n) is 7.88. The highest BCUT2D eigenvalue weighted by Gasteiger charge is 2.28. The molecule has 0 aliphatic heterocycles. The molecule has 0 atom stereocenters. The van der Waals surface area contributed by atoms with E-state index in [1.54, 1.807) is 23.5 Å². The van der Waals surface area contributed by atoms with Crippen molar-refractivity contribution in [2.24, 2.45) is 0 Å².